The highest BCUT2D eigenvalue weighted by atomic mass is 127. The third-order valence-corrected chi connectivity index (χ3v) is 4.53. The molecule has 0 spiro atoms. The average molecular weight is 543 g/mol. The van der Waals surface area contributed by atoms with E-state index in [0.29, 0.717) is 29.1 Å². The lowest BCUT2D eigenvalue weighted by atomic mass is 10.1. The molecule has 2 rings (SSSR count). The van der Waals surface area contributed by atoms with E-state index in [2.05, 4.69) is 31.6 Å². The first-order chi connectivity index (χ1) is 12.0. The maximum absolute atomic E-state index is 13.9. The van der Waals surface area contributed by atoms with E-state index in [1.54, 1.807) is 17.0 Å². The number of rotatable bonds is 4. The number of hydrogen-bond donors (Lipinski definition) is 2. The summed E-state index contributed by atoms with van der Waals surface area (Å²) in [7, 11) is 1.39. The monoisotopic (exact) mass is 542 g/mol. The molecule has 1 heterocycles. The van der Waals surface area contributed by atoms with Crippen molar-refractivity contribution in [3.63, 3.8) is 0 Å². The topological polar surface area (TPSA) is 66.0 Å². The van der Waals surface area contributed by atoms with Crippen LogP contribution < -0.4 is 10.6 Å². The number of amides is 1. The highest BCUT2D eigenvalue weighted by Gasteiger charge is 2.23. The van der Waals surface area contributed by atoms with E-state index in [4.69, 9.17) is 4.74 Å². The second-order valence-electron chi connectivity index (χ2n) is 5.81. The molecule has 6 nitrogen and oxygen atoms in total. The Kier molecular flexibility index (Phi) is 10.2. The van der Waals surface area contributed by atoms with Gasteiger partial charge in [0.15, 0.2) is 5.96 Å². The molecule has 26 heavy (non-hydrogen) atoms. The molecule has 1 saturated heterocycles. The van der Waals surface area contributed by atoms with Crippen molar-refractivity contribution in [1.82, 2.24) is 15.5 Å². The molecule has 0 atom stereocenters. The number of nitrogens with zero attached hydrogens (tertiary/aromatic N) is 2. The number of carbonyl (C=O) groups is 1. The number of hydrogen-bond acceptors (Lipinski definition) is 3. The Hall–Kier alpha value is -1.10. The van der Waals surface area contributed by atoms with Gasteiger partial charge in [0.05, 0.1) is 13.7 Å². The summed E-state index contributed by atoms with van der Waals surface area (Å²) < 4.78 is 19.4. The zero-order valence-corrected chi connectivity index (χ0v) is 18.8. The predicted molar refractivity (Wildman–Crippen MR) is 114 cm³/mol. The van der Waals surface area contributed by atoms with E-state index in [1.165, 1.54) is 13.2 Å². The Morgan fingerprint density at radius 2 is 2.12 bits per heavy atom. The summed E-state index contributed by atoms with van der Waals surface area (Å²) in [6.45, 7) is 4.25. The largest absolute Gasteiger partial charge is 0.453 e. The predicted octanol–water partition coefficient (Wildman–Crippen LogP) is 3.49. The minimum absolute atomic E-state index is 0. The van der Waals surface area contributed by atoms with Gasteiger partial charge in [-0.1, -0.05) is 22.0 Å². The minimum atomic E-state index is -0.287. The number of guanidine groups is 1. The number of ether oxygens (including phenoxy) is 1. The van der Waals surface area contributed by atoms with Gasteiger partial charge in [-0.2, -0.15) is 0 Å². The lowest BCUT2D eigenvalue weighted by Gasteiger charge is -2.32. The van der Waals surface area contributed by atoms with Gasteiger partial charge in [-0.05, 0) is 31.9 Å². The molecule has 2 N–H and O–H groups in total. The molecule has 1 aliphatic heterocycles. The van der Waals surface area contributed by atoms with E-state index in [9.17, 15) is 9.18 Å². The van der Waals surface area contributed by atoms with E-state index in [1.807, 2.05) is 6.92 Å². The van der Waals surface area contributed by atoms with E-state index >= 15 is 0 Å². The van der Waals surface area contributed by atoms with Crippen LogP contribution in [0.3, 0.4) is 0 Å². The van der Waals surface area contributed by atoms with Gasteiger partial charge in [0.1, 0.15) is 5.82 Å². The molecule has 0 aliphatic carbocycles. The van der Waals surface area contributed by atoms with Crippen LogP contribution in [0, 0.1) is 5.82 Å². The van der Waals surface area contributed by atoms with Crippen LogP contribution in [0.4, 0.5) is 9.18 Å². The van der Waals surface area contributed by atoms with Crippen molar-refractivity contribution < 1.29 is 13.9 Å². The van der Waals surface area contributed by atoms with E-state index < -0.39 is 0 Å². The summed E-state index contributed by atoms with van der Waals surface area (Å²) >= 11 is 3.25. The van der Waals surface area contributed by atoms with Crippen LogP contribution in [0.5, 0.6) is 0 Å². The van der Waals surface area contributed by atoms with E-state index in [0.717, 1.165) is 19.4 Å². The molecule has 0 radical (unpaired) electrons. The number of benzene rings is 1. The second-order valence-corrected chi connectivity index (χ2v) is 6.72. The summed E-state index contributed by atoms with van der Waals surface area (Å²) in [6, 6.07) is 5.18. The smallest absolute Gasteiger partial charge is 0.409 e. The average Bonchev–Trinajstić information content (AvgIpc) is 2.61. The quantitative estimate of drug-likeness (QED) is 0.347. The highest BCUT2D eigenvalue weighted by molar-refractivity contribution is 14.0. The first kappa shape index (κ1) is 22.9. The lowest BCUT2D eigenvalue weighted by Crippen LogP contribution is -2.49. The lowest BCUT2D eigenvalue weighted by molar-refractivity contribution is 0.111. The first-order valence-corrected chi connectivity index (χ1v) is 9.14. The Labute approximate surface area is 179 Å². The summed E-state index contributed by atoms with van der Waals surface area (Å²) in [5.74, 6) is 0.377. The van der Waals surface area contributed by atoms with Crippen molar-refractivity contribution >= 4 is 52.0 Å². The Bertz CT molecular complexity index is 625. The van der Waals surface area contributed by atoms with Gasteiger partial charge in [0.25, 0.3) is 0 Å². The van der Waals surface area contributed by atoms with Gasteiger partial charge in [-0.15, -0.1) is 24.0 Å². The molecule has 1 aromatic rings. The van der Waals surface area contributed by atoms with Crippen molar-refractivity contribution in [2.24, 2.45) is 4.99 Å². The fourth-order valence-corrected chi connectivity index (χ4v) is 3.00. The van der Waals surface area contributed by atoms with E-state index in [-0.39, 0.29) is 48.5 Å². The van der Waals surface area contributed by atoms with Gasteiger partial charge in [-0.25, -0.2) is 14.2 Å². The number of likely N-dealkylation sites (tertiary alicyclic amines) is 1. The van der Waals surface area contributed by atoms with Crippen molar-refractivity contribution in [2.75, 3.05) is 26.7 Å². The molecule has 0 unspecified atom stereocenters. The van der Waals surface area contributed by atoms with Crippen molar-refractivity contribution in [3.8, 4) is 0 Å². The SMILES string of the molecule is CCNC(=NCc1ccc(Br)cc1F)NC1CCN(C(=O)OC)CC1.I. The molecule has 0 bridgehead atoms. The first-order valence-electron chi connectivity index (χ1n) is 8.35. The molecule has 9 heteroatoms. The molecular formula is C17H25BrFIN4O2. The molecule has 1 aromatic carbocycles. The van der Waals surface area contributed by atoms with Crippen molar-refractivity contribution in [2.45, 2.75) is 32.4 Å². The Balaban J connectivity index is 0.00000338. The van der Waals surface area contributed by atoms with Crippen LogP contribution in [0.2, 0.25) is 0 Å². The number of nitrogens with one attached hydrogen (secondary N) is 2. The molecule has 1 aliphatic rings. The molecule has 1 fully saturated rings. The molecule has 146 valence electrons. The zero-order valence-electron chi connectivity index (χ0n) is 14.9. The number of carbonyl (C=O) groups excluding carboxylic acids is 1. The van der Waals surface area contributed by atoms with Crippen molar-refractivity contribution in [3.05, 3.63) is 34.1 Å². The number of piperidine rings is 1. The third-order valence-electron chi connectivity index (χ3n) is 4.04. The van der Waals surface area contributed by atoms with Crippen LogP contribution in [-0.2, 0) is 11.3 Å². The van der Waals surface area contributed by atoms with Crippen LogP contribution >= 0.6 is 39.9 Å². The molecule has 0 aromatic heterocycles. The molecule has 1 amide bonds. The number of methoxy groups -OCH3 is 1. The van der Waals surface area contributed by atoms with Crippen LogP contribution in [0.15, 0.2) is 27.7 Å². The van der Waals surface area contributed by atoms with Crippen LogP contribution in [0.1, 0.15) is 25.3 Å². The summed E-state index contributed by atoms with van der Waals surface area (Å²) in [5, 5.41) is 6.54. The van der Waals surface area contributed by atoms with Gasteiger partial charge < -0.3 is 20.3 Å². The third kappa shape index (κ3) is 6.90. The van der Waals surface area contributed by atoms with Crippen molar-refractivity contribution in [1.29, 1.82) is 0 Å². The molecule has 0 saturated carbocycles. The van der Waals surface area contributed by atoms with Gasteiger partial charge in [0.2, 0.25) is 0 Å². The maximum atomic E-state index is 13.9. The van der Waals surface area contributed by atoms with Gasteiger partial charge in [0, 0.05) is 35.7 Å². The summed E-state index contributed by atoms with van der Waals surface area (Å²) in [5.41, 5.74) is 0.543. The van der Waals surface area contributed by atoms with Gasteiger partial charge >= 0.3 is 6.09 Å². The fourth-order valence-electron chi connectivity index (χ4n) is 2.66. The zero-order chi connectivity index (χ0) is 18.2. The van der Waals surface area contributed by atoms with Crippen LogP contribution in [0.25, 0.3) is 0 Å². The normalized spacial score (nSPS) is 15.2. The number of aliphatic imine (C=N–C) groups is 1. The maximum Gasteiger partial charge on any atom is 0.409 e. The second kappa shape index (κ2) is 11.6. The highest BCUT2D eigenvalue weighted by Crippen LogP contribution is 2.16. The Morgan fingerprint density at radius 3 is 2.69 bits per heavy atom. The van der Waals surface area contributed by atoms with Crippen LogP contribution in [-0.4, -0.2) is 49.7 Å². The minimum Gasteiger partial charge on any atom is -0.453 e. The summed E-state index contributed by atoms with van der Waals surface area (Å²) in [4.78, 5) is 17.7. The fraction of sp³-hybridized carbons (Fsp3) is 0.529. The van der Waals surface area contributed by atoms with Gasteiger partial charge in [-0.3, -0.25) is 0 Å². The number of halogens is 3. The molecular weight excluding hydrogens is 518 g/mol. The standard InChI is InChI=1S/C17H24BrFN4O2.HI/c1-3-20-16(21-11-12-4-5-13(18)10-15(12)19)22-14-6-8-23(9-7-14)17(24)25-2;/h4-5,10,14H,3,6-9,11H2,1-2H3,(H2,20,21,22);1H. The Morgan fingerprint density at radius 1 is 1.42 bits per heavy atom. The summed E-state index contributed by atoms with van der Waals surface area (Å²) in [6.07, 6.45) is 1.34.